The molecule has 2 saturated carbocycles. The SMILES string of the molecule is Cc1cc(-n2nc3c(c2-n2ccn(-c4ccc([S@@](=N)(=O)CC5CC5)cc4)c2=O)[C@H](C)N(C(=O)c2cc4cc(C5CCOCC5)ccc4n2[C@@]2(c4noc(=O)[nH]4)C[C@@H]2C)CC3)cc(C)c1F. The quantitative estimate of drug-likeness (QED) is 0.142. The fourth-order valence-corrected chi connectivity index (χ4v) is 12.3. The van der Waals surface area contributed by atoms with Crippen molar-refractivity contribution < 1.29 is 22.7 Å². The maximum absolute atomic E-state index is 15.5. The number of hydrogen-bond donors (Lipinski definition) is 2. The van der Waals surface area contributed by atoms with Crippen molar-refractivity contribution in [2.45, 2.75) is 88.6 Å². The molecule has 4 aromatic heterocycles. The number of ether oxygens (including phenoxy) is 1. The number of halogens is 1. The van der Waals surface area contributed by atoms with E-state index in [1.807, 2.05) is 22.5 Å². The van der Waals surface area contributed by atoms with Gasteiger partial charge in [-0.15, -0.1) is 0 Å². The Kier molecular flexibility index (Phi) is 9.63. The lowest BCUT2D eigenvalue weighted by Gasteiger charge is -2.34. The fraction of sp³-hybridized carbons (Fsp3) is 0.396. The van der Waals surface area contributed by atoms with Crippen molar-refractivity contribution in [1.82, 2.24) is 38.5 Å². The minimum atomic E-state index is -2.96. The van der Waals surface area contributed by atoms with Gasteiger partial charge >= 0.3 is 11.4 Å². The van der Waals surface area contributed by atoms with Gasteiger partial charge in [-0.05, 0) is 142 Å². The Morgan fingerprint density at radius 2 is 1.66 bits per heavy atom. The first-order valence-electron chi connectivity index (χ1n) is 22.4. The van der Waals surface area contributed by atoms with Crippen LogP contribution >= 0.6 is 0 Å². The second kappa shape index (κ2) is 15.1. The standard InChI is InChI=1S/C48H50FN9O6S/c1-27-21-36(22-28(2)42(27)49)58-43(56-18-17-55(47(56)61)35-8-10-37(11-9-35)65(50,62)26-31-5-6-31)41-30(4)54(16-13-38(41)52-58)44(59)40-24-34-23-33(32-14-19-63-20-15-32)7-12-39(34)57(40)48(25-29(48)3)45-51-46(60)64-53-45/h7-12,17-18,21-24,29-32,50H,5-6,13-16,19-20,25-26H2,1-4H3,(H,51,53,60)/t29-,30-,48-,65-/m0/s1. The number of aromatic nitrogens is 7. The van der Waals surface area contributed by atoms with Crippen LogP contribution in [0.5, 0.6) is 0 Å². The summed E-state index contributed by atoms with van der Waals surface area (Å²) < 4.78 is 54.3. The molecule has 4 atom stereocenters. The molecule has 7 aromatic rings. The molecule has 65 heavy (non-hydrogen) atoms. The molecule has 3 fully saturated rings. The molecule has 4 aliphatic rings. The average molecular weight is 900 g/mol. The highest BCUT2D eigenvalue weighted by atomic mass is 32.2. The number of nitrogens with one attached hydrogen (secondary N) is 2. The van der Waals surface area contributed by atoms with Crippen molar-refractivity contribution in [2.24, 2.45) is 11.8 Å². The number of aromatic amines is 1. The summed E-state index contributed by atoms with van der Waals surface area (Å²) in [7, 11) is -2.96. The van der Waals surface area contributed by atoms with Crippen LogP contribution in [0.2, 0.25) is 0 Å². The van der Waals surface area contributed by atoms with Crippen molar-refractivity contribution >= 4 is 26.5 Å². The number of nitrogens with zero attached hydrogens (tertiary/aromatic N) is 7. The van der Waals surface area contributed by atoms with E-state index in [1.54, 1.807) is 67.3 Å². The van der Waals surface area contributed by atoms with Gasteiger partial charge in [0.05, 0.1) is 32.8 Å². The molecule has 1 saturated heterocycles. The van der Waals surface area contributed by atoms with Crippen LogP contribution in [0.3, 0.4) is 0 Å². The van der Waals surface area contributed by atoms with Crippen molar-refractivity contribution in [3.05, 3.63) is 139 Å². The van der Waals surface area contributed by atoms with Gasteiger partial charge in [0.25, 0.3) is 5.91 Å². The molecule has 2 aliphatic heterocycles. The maximum Gasteiger partial charge on any atom is 0.438 e. The molecule has 0 bridgehead atoms. The number of carbonyl (C=O) groups excluding carboxylic acids is 1. The summed E-state index contributed by atoms with van der Waals surface area (Å²) in [4.78, 5) is 47.6. The Labute approximate surface area is 373 Å². The minimum Gasteiger partial charge on any atom is -0.381 e. The third-order valence-corrected chi connectivity index (χ3v) is 16.3. The van der Waals surface area contributed by atoms with E-state index in [1.165, 1.54) is 14.7 Å². The van der Waals surface area contributed by atoms with E-state index >= 15 is 9.18 Å². The number of carbonyl (C=O) groups is 1. The molecule has 15 nitrogen and oxygen atoms in total. The second-order valence-electron chi connectivity index (χ2n) is 18.6. The van der Waals surface area contributed by atoms with E-state index in [4.69, 9.17) is 19.1 Å². The smallest absolute Gasteiger partial charge is 0.381 e. The molecular formula is C48H50FN9O6S. The second-order valence-corrected chi connectivity index (χ2v) is 20.7. The van der Waals surface area contributed by atoms with Crippen LogP contribution < -0.4 is 11.4 Å². The van der Waals surface area contributed by atoms with Crippen LogP contribution in [0.4, 0.5) is 4.39 Å². The van der Waals surface area contributed by atoms with Gasteiger partial charge < -0.3 is 14.2 Å². The molecule has 3 aromatic carbocycles. The molecular weight excluding hydrogens is 850 g/mol. The minimum absolute atomic E-state index is 0.0179. The monoisotopic (exact) mass is 899 g/mol. The highest BCUT2D eigenvalue weighted by Crippen LogP contribution is 2.56. The first-order chi connectivity index (χ1) is 31.2. The molecule has 11 rings (SSSR count). The van der Waals surface area contributed by atoms with Gasteiger partial charge in [0.15, 0.2) is 5.82 Å². The van der Waals surface area contributed by atoms with E-state index in [-0.39, 0.29) is 17.6 Å². The summed E-state index contributed by atoms with van der Waals surface area (Å²) in [6.45, 7) is 9.11. The number of hydrogen-bond acceptors (Lipinski definition) is 9. The molecule has 336 valence electrons. The lowest BCUT2D eigenvalue weighted by Crippen LogP contribution is -2.41. The summed E-state index contributed by atoms with van der Waals surface area (Å²) in [5.74, 6) is 0.555. The Hall–Kier alpha value is -6.33. The molecule has 1 amide bonds. The highest BCUT2D eigenvalue weighted by Gasteiger charge is 2.59. The number of imidazole rings is 1. The first-order valence-corrected chi connectivity index (χ1v) is 24.1. The molecule has 0 radical (unpaired) electrons. The lowest BCUT2D eigenvalue weighted by atomic mass is 9.91. The molecule has 17 heteroatoms. The zero-order valence-corrected chi connectivity index (χ0v) is 37.5. The van der Waals surface area contributed by atoms with Crippen LogP contribution in [-0.4, -0.2) is 74.1 Å². The van der Waals surface area contributed by atoms with Gasteiger partial charge in [0.2, 0.25) is 0 Å². The van der Waals surface area contributed by atoms with Gasteiger partial charge in [0.1, 0.15) is 22.9 Å². The third-order valence-electron chi connectivity index (χ3n) is 14.3. The maximum atomic E-state index is 15.5. The van der Waals surface area contributed by atoms with Crippen LogP contribution in [0.1, 0.15) is 102 Å². The van der Waals surface area contributed by atoms with E-state index in [9.17, 15) is 13.8 Å². The number of aryl methyl sites for hydroxylation is 2. The first kappa shape index (κ1) is 41.4. The normalized spacial score (nSPS) is 22.0. The lowest BCUT2D eigenvalue weighted by molar-refractivity contribution is 0.0663. The Balaban J connectivity index is 1.03. The van der Waals surface area contributed by atoms with Gasteiger partial charge in [-0.25, -0.2) is 27.6 Å². The summed E-state index contributed by atoms with van der Waals surface area (Å²) in [5.41, 5.74) is 4.53. The van der Waals surface area contributed by atoms with Crippen molar-refractivity contribution in [1.29, 1.82) is 4.78 Å². The summed E-state index contributed by atoms with van der Waals surface area (Å²) in [6.07, 6.45) is 8.12. The van der Waals surface area contributed by atoms with Gasteiger partial charge in [-0.3, -0.25) is 23.4 Å². The van der Waals surface area contributed by atoms with E-state index in [2.05, 4.69) is 35.3 Å². The topological polar surface area (TPSA) is 179 Å². The number of H-pyrrole nitrogens is 1. The number of fused-ring (bicyclic) bond motifs is 2. The van der Waals surface area contributed by atoms with Crippen LogP contribution in [-0.2, 0) is 26.4 Å². The number of amides is 1. The number of rotatable bonds is 10. The van der Waals surface area contributed by atoms with E-state index in [0.717, 1.165) is 36.6 Å². The van der Waals surface area contributed by atoms with Crippen LogP contribution in [0, 0.1) is 36.3 Å². The molecule has 6 heterocycles. The summed E-state index contributed by atoms with van der Waals surface area (Å²) >= 11 is 0. The molecule has 0 unspecified atom stereocenters. The zero-order valence-electron chi connectivity index (χ0n) is 36.7. The van der Waals surface area contributed by atoms with Crippen LogP contribution in [0.15, 0.2) is 92.1 Å². The number of benzene rings is 3. The van der Waals surface area contributed by atoms with E-state index in [0.29, 0.717) is 106 Å². The van der Waals surface area contributed by atoms with Crippen molar-refractivity contribution in [3.63, 3.8) is 0 Å². The highest BCUT2D eigenvalue weighted by molar-refractivity contribution is 7.92. The largest absolute Gasteiger partial charge is 0.438 e. The molecule has 0 spiro atoms. The zero-order chi connectivity index (χ0) is 45.1. The predicted octanol–water partition coefficient (Wildman–Crippen LogP) is 7.45. The summed E-state index contributed by atoms with van der Waals surface area (Å²) in [6, 6.07) is 17.9. The van der Waals surface area contributed by atoms with Crippen molar-refractivity contribution in [2.75, 3.05) is 25.5 Å². The van der Waals surface area contributed by atoms with Gasteiger partial charge in [-0.1, -0.05) is 18.1 Å². The van der Waals surface area contributed by atoms with Crippen LogP contribution in [0.25, 0.3) is 28.1 Å². The Bertz CT molecular complexity index is 3270. The Morgan fingerprint density at radius 3 is 2.32 bits per heavy atom. The van der Waals surface area contributed by atoms with Gasteiger partial charge in [-0.2, -0.15) is 5.10 Å². The van der Waals surface area contributed by atoms with Gasteiger partial charge in [0, 0.05) is 65.7 Å². The van der Waals surface area contributed by atoms with Crippen molar-refractivity contribution in [3.8, 4) is 17.2 Å². The Morgan fingerprint density at radius 1 is 0.954 bits per heavy atom. The summed E-state index contributed by atoms with van der Waals surface area (Å²) in [5, 5.41) is 10.2. The fourth-order valence-electron chi connectivity index (χ4n) is 10.5. The average Bonchev–Trinajstić information content (AvgIpc) is 3.93. The molecule has 2 N–H and O–H groups in total. The third kappa shape index (κ3) is 6.75. The van der Waals surface area contributed by atoms with E-state index < -0.39 is 32.8 Å². The molecule has 2 aliphatic carbocycles. The predicted molar refractivity (Wildman–Crippen MR) is 241 cm³/mol.